The molecule has 2 aromatic rings. The average molecular weight is 284 g/mol. The molecular weight excluding hydrogens is 260 g/mol. The molecule has 2 aromatic carbocycles. The molecule has 0 radical (unpaired) electrons. The third-order valence-corrected chi connectivity index (χ3v) is 3.64. The molecule has 0 aromatic heterocycles. The highest BCUT2D eigenvalue weighted by Gasteiger charge is 2.01. The molecule has 3 heteroatoms. The van der Waals surface area contributed by atoms with E-state index in [1.165, 1.54) is 25.7 Å². The lowest BCUT2D eigenvalue weighted by Gasteiger charge is -2.08. The SMILES string of the molecule is CCCCCCCOc1ccc2cc(C(=N)N)ccc2c1. The number of nitrogens with one attached hydrogen (secondary N) is 1. The lowest BCUT2D eigenvalue weighted by molar-refractivity contribution is 0.305. The minimum Gasteiger partial charge on any atom is -0.494 e. The van der Waals surface area contributed by atoms with Gasteiger partial charge in [-0.1, -0.05) is 50.8 Å². The fraction of sp³-hybridized carbons (Fsp3) is 0.389. The van der Waals surface area contributed by atoms with Gasteiger partial charge in [0.25, 0.3) is 0 Å². The smallest absolute Gasteiger partial charge is 0.122 e. The predicted octanol–water partition coefficient (Wildman–Crippen LogP) is 4.47. The van der Waals surface area contributed by atoms with Crippen LogP contribution in [-0.2, 0) is 0 Å². The summed E-state index contributed by atoms with van der Waals surface area (Å²) in [5, 5.41) is 9.66. The number of nitrogens with two attached hydrogens (primary N) is 1. The molecule has 0 amide bonds. The van der Waals surface area contributed by atoms with Crippen LogP contribution in [0.1, 0.15) is 44.6 Å². The average Bonchev–Trinajstić information content (AvgIpc) is 2.50. The number of ether oxygens (including phenoxy) is 1. The maximum atomic E-state index is 7.47. The lowest BCUT2D eigenvalue weighted by atomic mass is 10.1. The summed E-state index contributed by atoms with van der Waals surface area (Å²) < 4.78 is 5.81. The van der Waals surface area contributed by atoms with Crippen LogP contribution in [0.15, 0.2) is 36.4 Å². The van der Waals surface area contributed by atoms with E-state index in [-0.39, 0.29) is 5.84 Å². The van der Waals surface area contributed by atoms with Crippen LogP contribution < -0.4 is 10.5 Å². The van der Waals surface area contributed by atoms with E-state index in [4.69, 9.17) is 15.9 Å². The van der Waals surface area contributed by atoms with Crippen molar-refractivity contribution in [2.24, 2.45) is 5.73 Å². The van der Waals surface area contributed by atoms with E-state index in [2.05, 4.69) is 6.92 Å². The Kier molecular flexibility index (Phi) is 5.61. The van der Waals surface area contributed by atoms with Gasteiger partial charge < -0.3 is 10.5 Å². The standard InChI is InChI=1S/C18H24N2O/c1-2-3-4-5-6-11-21-17-10-9-14-12-16(18(19)20)8-7-15(14)13-17/h7-10,12-13H,2-6,11H2,1H3,(H3,19,20). The van der Waals surface area contributed by atoms with Crippen molar-refractivity contribution in [1.29, 1.82) is 5.41 Å². The van der Waals surface area contributed by atoms with Gasteiger partial charge in [-0.2, -0.15) is 0 Å². The maximum Gasteiger partial charge on any atom is 0.122 e. The van der Waals surface area contributed by atoms with Crippen molar-refractivity contribution in [1.82, 2.24) is 0 Å². The molecule has 0 bridgehead atoms. The van der Waals surface area contributed by atoms with Gasteiger partial charge in [-0.25, -0.2) is 0 Å². The number of benzene rings is 2. The quantitative estimate of drug-likeness (QED) is 0.427. The number of hydrogen-bond acceptors (Lipinski definition) is 2. The molecule has 0 fully saturated rings. The number of hydrogen-bond donors (Lipinski definition) is 2. The topological polar surface area (TPSA) is 59.1 Å². The molecule has 112 valence electrons. The van der Waals surface area contributed by atoms with Gasteiger partial charge in [-0.05, 0) is 35.4 Å². The van der Waals surface area contributed by atoms with Gasteiger partial charge >= 0.3 is 0 Å². The molecule has 2 rings (SSSR count). The molecular formula is C18H24N2O. The lowest BCUT2D eigenvalue weighted by Crippen LogP contribution is -2.10. The van der Waals surface area contributed by atoms with E-state index in [1.54, 1.807) is 0 Å². The number of unbranched alkanes of at least 4 members (excludes halogenated alkanes) is 4. The summed E-state index contributed by atoms with van der Waals surface area (Å²) in [5.41, 5.74) is 6.27. The third-order valence-electron chi connectivity index (χ3n) is 3.64. The Bertz CT molecular complexity index is 607. The number of rotatable bonds is 8. The largest absolute Gasteiger partial charge is 0.494 e. The summed E-state index contributed by atoms with van der Waals surface area (Å²) in [4.78, 5) is 0. The van der Waals surface area contributed by atoms with E-state index >= 15 is 0 Å². The second-order valence-electron chi connectivity index (χ2n) is 5.40. The highest BCUT2D eigenvalue weighted by Crippen LogP contribution is 2.22. The molecule has 0 aliphatic heterocycles. The second kappa shape index (κ2) is 7.67. The zero-order valence-corrected chi connectivity index (χ0v) is 12.7. The summed E-state index contributed by atoms with van der Waals surface area (Å²) in [6, 6.07) is 11.9. The summed E-state index contributed by atoms with van der Waals surface area (Å²) in [6.45, 7) is 3.00. The summed E-state index contributed by atoms with van der Waals surface area (Å²) in [7, 11) is 0. The maximum absolute atomic E-state index is 7.47. The van der Waals surface area contributed by atoms with Crippen molar-refractivity contribution in [2.75, 3.05) is 6.61 Å². The fourth-order valence-electron chi connectivity index (χ4n) is 2.38. The van der Waals surface area contributed by atoms with Gasteiger partial charge in [0.05, 0.1) is 6.61 Å². The molecule has 3 nitrogen and oxygen atoms in total. The van der Waals surface area contributed by atoms with E-state index < -0.39 is 0 Å². The van der Waals surface area contributed by atoms with Crippen LogP contribution in [0.3, 0.4) is 0 Å². The highest BCUT2D eigenvalue weighted by molar-refractivity contribution is 5.99. The van der Waals surface area contributed by atoms with Crippen molar-refractivity contribution in [2.45, 2.75) is 39.0 Å². The van der Waals surface area contributed by atoms with Crippen LogP contribution in [-0.4, -0.2) is 12.4 Å². The number of nitrogen functional groups attached to an aromatic ring is 1. The van der Waals surface area contributed by atoms with Crippen LogP contribution in [0.25, 0.3) is 10.8 Å². The summed E-state index contributed by atoms with van der Waals surface area (Å²) in [5.74, 6) is 1.01. The van der Waals surface area contributed by atoms with Crippen LogP contribution in [0.4, 0.5) is 0 Å². The molecule has 0 unspecified atom stereocenters. The molecule has 0 heterocycles. The Morgan fingerprint density at radius 3 is 2.48 bits per heavy atom. The highest BCUT2D eigenvalue weighted by atomic mass is 16.5. The van der Waals surface area contributed by atoms with Crippen molar-refractivity contribution >= 4 is 16.6 Å². The van der Waals surface area contributed by atoms with E-state index in [0.717, 1.165) is 35.1 Å². The fourth-order valence-corrected chi connectivity index (χ4v) is 2.38. The molecule has 0 aliphatic carbocycles. The normalized spacial score (nSPS) is 10.7. The summed E-state index contributed by atoms with van der Waals surface area (Å²) >= 11 is 0. The third kappa shape index (κ3) is 4.48. The number of fused-ring (bicyclic) bond motifs is 1. The van der Waals surface area contributed by atoms with Gasteiger partial charge in [-0.3, -0.25) is 5.41 Å². The molecule has 21 heavy (non-hydrogen) atoms. The molecule has 3 N–H and O–H groups in total. The van der Waals surface area contributed by atoms with Crippen molar-refractivity contribution in [3.63, 3.8) is 0 Å². The van der Waals surface area contributed by atoms with Crippen molar-refractivity contribution < 1.29 is 4.74 Å². The van der Waals surface area contributed by atoms with Gasteiger partial charge in [-0.15, -0.1) is 0 Å². The monoisotopic (exact) mass is 284 g/mol. The zero-order valence-electron chi connectivity index (χ0n) is 12.7. The Morgan fingerprint density at radius 2 is 1.71 bits per heavy atom. The molecule has 0 saturated carbocycles. The first-order valence-corrected chi connectivity index (χ1v) is 7.71. The molecule has 0 atom stereocenters. The van der Waals surface area contributed by atoms with Gasteiger partial charge in [0, 0.05) is 5.56 Å². The van der Waals surface area contributed by atoms with E-state index in [0.29, 0.717) is 0 Å². The summed E-state index contributed by atoms with van der Waals surface area (Å²) in [6.07, 6.45) is 6.23. The molecule has 0 spiro atoms. The van der Waals surface area contributed by atoms with Crippen LogP contribution in [0, 0.1) is 5.41 Å². The first kappa shape index (κ1) is 15.4. The first-order chi connectivity index (χ1) is 10.2. The van der Waals surface area contributed by atoms with E-state index in [1.807, 2.05) is 36.4 Å². The zero-order chi connectivity index (χ0) is 15.1. The van der Waals surface area contributed by atoms with Gasteiger partial charge in [0.2, 0.25) is 0 Å². The van der Waals surface area contributed by atoms with Crippen molar-refractivity contribution in [3.05, 3.63) is 42.0 Å². The minimum absolute atomic E-state index is 0.101. The van der Waals surface area contributed by atoms with E-state index in [9.17, 15) is 0 Å². The molecule has 0 aliphatic rings. The predicted molar refractivity (Wildman–Crippen MR) is 89.2 cm³/mol. The van der Waals surface area contributed by atoms with Crippen LogP contribution >= 0.6 is 0 Å². The Morgan fingerprint density at radius 1 is 1.00 bits per heavy atom. The van der Waals surface area contributed by atoms with Crippen molar-refractivity contribution in [3.8, 4) is 5.75 Å². The minimum atomic E-state index is 0.101. The Balaban J connectivity index is 1.93. The first-order valence-electron chi connectivity index (χ1n) is 7.71. The van der Waals surface area contributed by atoms with Crippen LogP contribution in [0.2, 0.25) is 0 Å². The molecule has 0 saturated heterocycles. The van der Waals surface area contributed by atoms with Crippen LogP contribution in [0.5, 0.6) is 5.75 Å². The van der Waals surface area contributed by atoms with Gasteiger partial charge in [0.15, 0.2) is 0 Å². The van der Waals surface area contributed by atoms with Gasteiger partial charge in [0.1, 0.15) is 11.6 Å². The number of amidine groups is 1. The second-order valence-corrected chi connectivity index (χ2v) is 5.40. The Hall–Kier alpha value is -2.03. The Labute approximate surface area is 126 Å².